The number of imidazole rings is 1. The third kappa shape index (κ3) is 0.826. The molecule has 0 unspecified atom stereocenters. The maximum Gasteiger partial charge on any atom is 0.327 e. The van der Waals surface area contributed by atoms with E-state index in [1.165, 1.54) is 0 Å². The molecule has 0 aliphatic heterocycles. The van der Waals surface area contributed by atoms with Crippen molar-refractivity contribution in [1.29, 1.82) is 0 Å². The lowest BCUT2D eigenvalue weighted by molar-refractivity contribution is 0.753. The first-order valence-corrected chi connectivity index (χ1v) is 4.37. The van der Waals surface area contributed by atoms with Gasteiger partial charge in [0.15, 0.2) is 0 Å². The largest absolute Gasteiger partial charge is 0.327 e. The first-order valence-electron chi connectivity index (χ1n) is 3.49. The molecule has 1 N–H and O–H groups in total. The molecule has 3 nitrogen and oxygen atoms in total. The quantitative estimate of drug-likeness (QED) is 0.687. The van der Waals surface area contributed by atoms with Crippen LogP contribution in [0.4, 0.5) is 0 Å². The van der Waals surface area contributed by atoms with Gasteiger partial charge in [-0.3, -0.25) is 9.55 Å². The topological polar surface area (TPSA) is 37.8 Å². The van der Waals surface area contributed by atoms with E-state index in [9.17, 15) is 4.79 Å². The van der Waals surface area contributed by atoms with E-state index < -0.39 is 0 Å². The zero-order chi connectivity index (χ0) is 7.84. The smallest absolute Gasteiger partial charge is 0.297 e. The van der Waals surface area contributed by atoms with Gasteiger partial charge in [0.2, 0.25) is 0 Å². The van der Waals surface area contributed by atoms with E-state index in [0.29, 0.717) is 0 Å². The first-order chi connectivity index (χ1) is 5.33. The molecule has 2 heterocycles. The molecule has 0 saturated heterocycles. The van der Waals surface area contributed by atoms with Crippen LogP contribution in [0.1, 0.15) is 6.92 Å². The van der Waals surface area contributed by atoms with Gasteiger partial charge in [-0.15, -0.1) is 11.3 Å². The summed E-state index contributed by atoms with van der Waals surface area (Å²) >= 11 is 1.56. The Morgan fingerprint density at radius 3 is 3.27 bits per heavy atom. The highest BCUT2D eigenvalue weighted by Gasteiger charge is 2.03. The molecule has 2 aromatic rings. The van der Waals surface area contributed by atoms with Gasteiger partial charge in [0.25, 0.3) is 0 Å². The highest BCUT2D eigenvalue weighted by molar-refractivity contribution is 7.16. The number of aryl methyl sites for hydroxylation is 1. The van der Waals surface area contributed by atoms with Crippen LogP contribution in [0.5, 0.6) is 0 Å². The number of fused-ring (bicyclic) bond motifs is 1. The third-order valence-electron chi connectivity index (χ3n) is 1.72. The average Bonchev–Trinajstić information content (AvgIpc) is 2.46. The van der Waals surface area contributed by atoms with Crippen LogP contribution in [0.15, 0.2) is 16.2 Å². The number of H-pyrrole nitrogens is 1. The lowest BCUT2D eigenvalue weighted by atomic mass is 10.5. The highest BCUT2D eigenvalue weighted by Crippen LogP contribution is 2.15. The SMILES string of the molecule is CCn1c(=O)[nH]c2sccc21. The normalized spacial score (nSPS) is 11.0. The van der Waals surface area contributed by atoms with Gasteiger partial charge in [-0.1, -0.05) is 0 Å². The number of aromatic nitrogens is 2. The minimum absolute atomic E-state index is 0.00523. The molecule has 0 radical (unpaired) electrons. The van der Waals surface area contributed by atoms with Gasteiger partial charge < -0.3 is 0 Å². The van der Waals surface area contributed by atoms with E-state index in [2.05, 4.69) is 4.98 Å². The summed E-state index contributed by atoms with van der Waals surface area (Å²) in [5.41, 5.74) is 1.01. The predicted molar refractivity (Wildman–Crippen MR) is 46.1 cm³/mol. The summed E-state index contributed by atoms with van der Waals surface area (Å²) in [4.78, 5) is 14.9. The van der Waals surface area contributed by atoms with Gasteiger partial charge in [0.1, 0.15) is 4.83 Å². The second kappa shape index (κ2) is 2.23. The molecule has 0 spiro atoms. The van der Waals surface area contributed by atoms with E-state index >= 15 is 0 Å². The number of nitrogens with one attached hydrogen (secondary N) is 1. The lowest BCUT2D eigenvalue weighted by Gasteiger charge is -1.91. The standard InChI is InChI=1S/C7H8N2OS/c1-2-9-5-3-4-11-6(5)8-7(9)10/h3-4H,2H2,1H3,(H,8,10). The molecule has 0 amide bonds. The Kier molecular flexibility index (Phi) is 1.35. The fourth-order valence-corrected chi connectivity index (χ4v) is 1.97. The Morgan fingerprint density at radius 1 is 1.73 bits per heavy atom. The maximum atomic E-state index is 11.1. The summed E-state index contributed by atoms with van der Waals surface area (Å²) in [6.07, 6.45) is 0. The highest BCUT2D eigenvalue weighted by atomic mass is 32.1. The molecule has 2 aromatic heterocycles. The van der Waals surface area contributed by atoms with Crippen molar-refractivity contribution in [1.82, 2.24) is 9.55 Å². The van der Waals surface area contributed by atoms with Crippen LogP contribution >= 0.6 is 11.3 Å². The summed E-state index contributed by atoms with van der Waals surface area (Å²) in [6.45, 7) is 2.70. The zero-order valence-electron chi connectivity index (χ0n) is 6.13. The van der Waals surface area contributed by atoms with Gasteiger partial charge in [0, 0.05) is 6.54 Å². The van der Waals surface area contributed by atoms with Crippen molar-refractivity contribution in [2.45, 2.75) is 13.5 Å². The molecule has 2 rings (SSSR count). The Hall–Kier alpha value is -1.03. The van der Waals surface area contributed by atoms with Crippen LogP contribution in [0.3, 0.4) is 0 Å². The molecule has 0 aliphatic carbocycles. The van der Waals surface area contributed by atoms with E-state index in [1.807, 2.05) is 18.4 Å². The van der Waals surface area contributed by atoms with E-state index in [1.54, 1.807) is 15.9 Å². The van der Waals surface area contributed by atoms with Crippen LogP contribution in [0, 0.1) is 0 Å². The van der Waals surface area contributed by atoms with Crippen LogP contribution in [0.25, 0.3) is 10.3 Å². The fourth-order valence-electron chi connectivity index (χ4n) is 1.20. The summed E-state index contributed by atoms with van der Waals surface area (Å²) in [7, 11) is 0. The maximum absolute atomic E-state index is 11.1. The first kappa shape index (κ1) is 6.67. The zero-order valence-corrected chi connectivity index (χ0v) is 6.94. The minimum atomic E-state index is -0.00523. The van der Waals surface area contributed by atoms with Gasteiger partial charge in [-0.2, -0.15) is 0 Å². The monoisotopic (exact) mass is 168 g/mol. The fraction of sp³-hybridized carbons (Fsp3) is 0.286. The molecule has 0 fully saturated rings. The number of aromatic amines is 1. The van der Waals surface area contributed by atoms with Crippen molar-refractivity contribution in [3.63, 3.8) is 0 Å². The molecular weight excluding hydrogens is 160 g/mol. The number of nitrogens with zero attached hydrogens (tertiary/aromatic N) is 1. The minimum Gasteiger partial charge on any atom is -0.297 e. The third-order valence-corrected chi connectivity index (χ3v) is 2.54. The molecule has 4 heteroatoms. The number of hydrogen-bond acceptors (Lipinski definition) is 2. The van der Waals surface area contributed by atoms with Crippen LogP contribution in [0.2, 0.25) is 0 Å². The number of rotatable bonds is 1. The van der Waals surface area contributed by atoms with Crippen LogP contribution in [-0.2, 0) is 6.54 Å². The molecule has 0 saturated carbocycles. The van der Waals surface area contributed by atoms with Gasteiger partial charge in [0.05, 0.1) is 5.52 Å². The predicted octanol–water partition coefficient (Wildman–Crippen LogP) is 1.41. The molecular formula is C7H8N2OS. The summed E-state index contributed by atoms with van der Waals surface area (Å²) in [5, 5.41) is 1.98. The van der Waals surface area contributed by atoms with Crippen molar-refractivity contribution < 1.29 is 0 Å². The second-order valence-electron chi connectivity index (χ2n) is 2.31. The Bertz CT molecular complexity index is 423. The van der Waals surface area contributed by atoms with Crippen molar-refractivity contribution in [2.24, 2.45) is 0 Å². The van der Waals surface area contributed by atoms with Crippen LogP contribution in [-0.4, -0.2) is 9.55 Å². The Labute approximate surface area is 67.3 Å². The molecule has 0 atom stereocenters. The van der Waals surface area contributed by atoms with E-state index in [4.69, 9.17) is 0 Å². The lowest BCUT2D eigenvalue weighted by Crippen LogP contribution is -2.14. The average molecular weight is 168 g/mol. The van der Waals surface area contributed by atoms with Crippen LogP contribution < -0.4 is 5.69 Å². The number of thiophene rings is 1. The molecule has 0 aliphatic rings. The summed E-state index contributed by atoms with van der Waals surface area (Å²) in [5.74, 6) is 0. The summed E-state index contributed by atoms with van der Waals surface area (Å²) < 4.78 is 1.73. The van der Waals surface area contributed by atoms with E-state index in [0.717, 1.165) is 16.9 Å². The van der Waals surface area contributed by atoms with Gasteiger partial charge in [-0.05, 0) is 18.4 Å². The van der Waals surface area contributed by atoms with E-state index in [-0.39, 0.29) is 5.69 Å². The molecule has 11 heavy (non-hydrogen) atoms. The molecule has 0 aromatic carbocycles. The van der Waals surface area contributed by atoms with Gasteiger partial charge in [-0.25, -0.2) is 4.79 Å². The van der Waals surface area contributed by atoms with Crippen molar-refractivity contribution in [3.05, 3.63) is 21.9 Å². The van der Waals surface area contributed by atoms with Gasteiger partial charge >= 0.3 is 5.69 Å². The summed E-state index contributed by atoms with van der Waals surface area (Å²) in [6, 6.07) is 1.96. The number of hydrogen-bond donors (Lipinski definition) is 1. The Morgan fingerprint density at radius 2 is 2.55 bits per heavy atom. The molecule has 58 valence electrons. The van der Waals surface area contributed by atoms with Crippen molar-refractivity contribution in [2.75, 3.05) is 0 Å². The van der Waals surface area contributed by atoms with Crippen molar-refractivity contribution in [3.8, 4) is 0 Å². The Balaban J connectivity index is 2.91. The van der Waals surface area contributed by atoms with Crippen molar-refractivity contribution >= 4 is 21.7 Å². The second-order valence-corrected chi connectivity index (χ2v) is 3.23. The molecule has 0 bridgehead atoms.